The van der Waals surface area contributed by atoms with Crippen molar-refractivity contribution in [3.63, 3.8) is 0 Å². The van der Waals surface area contributed by atoms with Gasteiger partial charge >= 0.3 is 37.7 Å². The van der Waals surface area contributed by atoms with E-state index in [-0.39, 0.29) is 63.8 Å². The Labute approximate surface area is 230 Å². The minimum absolute atomic E-state index is 0. The Morgan fingerprint density at radius 3 is 2.57 bits per heavy atom. The van der Waals surface area contributed by atoms with Gasteiger partial charge in [-0.25, -0.2) is 0 Å². The monoisotopic (exact) mass is 489 g/mol. The summed E-state index contributed by atoms with van der Waals surface area (Å²) < 4.78 is 0. The molecule has 1 unspecified atom stereocenters. The molecule has 3 saturated carbocycles. The van der Waals surface area contributed by atoms with Crippen molar-refractivity contribution in [1.82, 2.24) is 0 Å². The van der Waals surface area contributed by atoms with Crippen molar-refractivity contribution < 1.29 is 25.0 Å². The number of allylic oxidation sites excluding steroid dienone is 4. The molecule has 0 saturated heterocycles. The maximum atomic E-state index is 10.0. The average molecular weight is 490 g/mol. The fourth-order valence-corrected chi connectivity index (χ4v) is 6.66. The van der Waals surface area contributed by atoms with Crippen molar-refractivity contribution in [3.8, 4) is 0 Å². The molecular formula is C27H46CaCuO. The molecular weight excluding hydrogens is 444 g/mol. The van der Waals surface area contributed by atoms with Gasteiger partial charge in [0.1, 0.15) is 0 Å². The molecule has 0 spiro atoms. The van der Waals surface area contributed by atoms with Gasteiger partial charge in [0.2, 0.25) is 0 Å². The molecule has 3 rings (SSSR count). The molecule has 0 heterocycles. The van der Waals surface area contributed by atoms with E-state index >= 15 is 0 Å². The zero-order valence-corrected chi connectivity index (χ0v) is 23.1. The minimum Gasteiger partial charge on any atom is -1.00 e. The quantitative estimate of drug-likeness (QED) is 0.384. The predicted octanol–water partition coefficient (Wildman–Crippen LogP) is 7.46. The molecule has 0 bridgehead atoms. The first kappa shape index (κ1) is 29.0. The predicted molar refractivity (Wildman–Crippen MR) is 129 cm³/mol. The molecule has 5 atom stereocenters. The third-order valence-electron chi connectivity index (χ3n) is 8.35. The Morgan fingerprint density at radius 1 is 1.13 bits per heavy atom. The van der Waals surface area contributed by atoms with Gasteiger partial charge in [0.05, 0.1) is 6.10 Å². The number of aliphatic hydroxyl groups is 1. The van der Waals surface area contributed by atoms with Gasteiger partial charge in [0, 0.05) is 17.1 Å². The topological polar surface area (TPSA) is 20.2 Å². The van der Waals surface area contributed by atoms with Crippen molar-refractivity contribution in [3.05, 3.63) is 35.5 Å². The van der Waals surface area contributed by atoms with E-state index in [1.807, 2.05) is 0 Å². The van der Waals surface area contributed by atoms with Crippen LogP contribution >= 0.6 is 0 Å². The van der Waals surface area contributed by atoms with Gasteiger partial charge in [-0.1, -0.05) is 76.8 Å². The smallest absolute Gasteiger partial charge is 1.00 e. The first-order valence-electron chi connectivity index (χ1n) is 12.1. The molecule has 0 aliphatic heterocycles. The van der Waals surface area contributed by atoms with Crippen molar-refractivity contribution in [2.45, 2.75) is 104 Å². The van der Waals surface area contributed by atoms with Crippen LogP contribution in [0.4, 0.5) is 0 Å². The summed E-state index contributed by atoms with van der Waals surface area (Å²) in [5.41, 5.74) is 4.72. The van der Waals surface area contributed by atoms with Crippen molar-refractivity contribution in [2.75, 3.05) is 0 Å². The van der Waals surface area contributed by atoms with Crippen molar-refractivity contribution in [2.24, 2.45) is 29.1 Å². The van der Waals surface area contributed by atoms with Crippen molar-refractivity contribution in [1.29, 1.82) is 0 Å². The first-order chi connectivity index (χ1) is 13.3. The second kappa shape index (κ2) is 13.0. The van der Waals surface area contributed by atoms with E-state index in [0.717, 1.165) is 42.9 Å². The molecule has 30 heavy (non-hydrogen) atoms. The van der Waals surface area contributed by atoms with Crippen molar-refractivity contribution >= 4 is 37.7 Å². The van der Waals surface area contributed by atoms with Crippen LogP contribution in [-0.4, -0.2) is 48.9 Å². The van der Waals surface area contributed by atoms with Crippen LogP contribution in [0.3, 0.4) is 0 Å². The second-order valence-corrected chi connectivity index (χ2v) is 10.8. The van der Waals surface area contributed by atoms with Gasteiger partial charge in [-0.3, -0.25) is 0 Å². The second-order valence-electron chi connectivity index (χ2n) is 10.8. The van der Waals surface area contributed by atoms with Crippen LogP contribution in [0, 0.1) is 29.1 Å². The van der Waals surface area contributed by atoms with E-state index in [1.165, 1.54) is 62.5 Å². The molecule has 1 nitrogen and oxygen atoms in total. The normalized spacial score (nSPS) is 35.1. The molecule has 173 valence electrons. The SMILES string of the molecule is C=C1CC[C@H](O)C/C1=C\C=C1/CCC[C@]2(C)[C@@H](C(C)CCCC(C)C)CC[C@@H]12.[Ca+2].[Cu].[H-].[H-]. The van der Waals surface area contributed by atoms with Gasteiger partial charge in [0.15, 0.2) is 0 Å². The summed E-state index contributed by atoms with van der Waals surface area (Å²) in [4.78, 5) is 0. The molecule has 0 aromatic carbocycles. The Hall–Kier alpha value is 0.959. The van der Waals surface area contributed by atoms with Gasteiger partial charge in [-0.15, -0.1) is 0 Å². The maximum Gasteiger partial charge on any atom is 2.00 e. The van der Waals surface area contributed by atoms with Crippen LogP contribution in [0.25, 0.3) is 0 Å². The first-order valence-corrected chi connectivity index (χ1v) is 12.1. The van der Waals surface area contributed by atoms with Crippen LogP contribution in [0.1, 0.15) is 101 Å². The molecule has 0 aromatic rings. The zero-order chi connectivity index (χ0) is 20.3. The van der Waals surface area contributed by atoms with E-state index in [1.54, 1.807) is 5.57 Å². The Kier molecular flexibility index (Phi) is 12.6. The number of rotatable bonds is 6. The Balaban J connectivity index is 0. The summed E-state index contributed by atoms with van der Waals surface area (Å²) in [6, 6.07) is 0. The summed E-state index contributed by atoms with van der Waals surface area (Å²) in [6.07, 6.45) is 18.2. The standard InChI is InChI=1S/C27H44O.Ca.Cu.2H/c1-19(2)8-6-9-21(4)25-15-16-26-22(10-7-17-27(25,26)5)12-13-23-18-24(28)14-11-20(23)3;;;;/h12-13,19,21,24-26,28H,3,6-11,14-18H2,1-2,4-5H3;;;;/q;+2;;2*-1/b22-12+,23-13+;;;;/t21?,24-,25+,26-,27+;;;;/m0..../s1. The number of aliphatic hydroxyl groups excluding tert-OH is 1. The molecule has 1 N–H and O–H groups in total. The number of hydrogen-bond acceptors (Lipinski definition) is 1. The average Bonchev–Trinajstić information content (AvgIpc) is 2.99. The van der Waals surface area contributed by atoms with Crippen LogP contribution in [0.2, 0.25) is 0 Å². The minimum atomic E-state index is -0.172. The molecule has 3 aliphatic carbocycles. The van der Waals surface area contributed by atoms with Crippen LogP contribution in [-0.2, 0) is 17.1 Å². The van der Waals surface area contributed by atoms with Gasteiger partial charge < -0.3 is 7.96 Å². The summed E-state index contributed by atoms with van der Waals surface area (Å²) >= 11 is 0. The van der Waals surface area contributed by atoms with Crippen LogP contribution < -0.4 is 0 Å². The summed E-state index contributed by atoms with van der Waals surface area (Å²) in [5, 5.41) is 10.0. The largest absolute Gasteiger partial charge is 2.00 e. The van der Waals surface area contributed by atoms with Crippen LogP contribution in [0.15, 0.2) is 35.5 Å². The molecule has 3 fully saturated rings. The van der Waals surface area contributed by atoms with Gasteiger partial charge in [-0.2, -0.15) is 0 Å². The summed E-state index contributed by atoms with van der Waals surface area (Å²) in [7, 11) is 0. The summed E-state index contributed by atoms with van der Waals surface area (Å²) in [6.45, 7) is 14.1. The molecule has 1 radical (unpaired) electrons. The molecule has 0 aromatic heterocycles. The van der Waals surface area contributed by atoms with E-state index in [0.29, 0.717) is 5.41 Å². The van der Waals surface area contributed by atoms with Gasteiger partial charge in [0.25, 0.3) is 0 Å². The van der Waals surface area contributed by atoms with E-state index in [2.05, 4.69) is 46.4 Å². The fraction of sp³-hybridized carbons (Fsp3) is 0.778. The number of hydrogen-bond donors (Lipinski definition) is 1. The molecule has 3 heteroatoms. The zero-order valence-electron chi connectivity index (χ0n) is 22.0. The van der Waals surface area contributed by atoms with E-state index < -0.39 is 0 Å². The summed E-state index contributed by atoms with van der Waals surface area (Å²) in [5.74, 6) is 3.37. The maximum absolute atomic E-state index is 10.0. The number of fused-ring (bicyclic) bond motifs is 1. The Morgan fingerprint density at radius 2 is 1.87 bits per heavy atom. The molecule has 3 aliphatic rings. The third-order valence-corrected chi connectivity index (χ3v) is 8.35. The third kappa shape index (κ3) is 6.98. The van der Waals surface area contributed by atoms with Crippen LogP contribution in [0.5, 0.6) is 0 Å². The Bertz CT molecular complexity index is 633. The fourth-order valence-electron chi connectivity index (χ4n) is 6.66. The van der Waals surface area contributed by atoms with E-state index in [4.69, 9.17) is 0 Å². The van der Waals surface area contributed by atoms with Gasteiger partial charge in [-0.05, 0) is 86.0 Å². The van der Waals surface area contributed by atoms with E-state index in [9.17, 15) is 5.11 Å². The molecule has 0 amide bonds.